The van der Waals surface area contributed by atoms with Crippen LogP contribution in [-0.4, -0.2) is 70.2 Å². The summed E-state index contributed by atoms with van der Waals surface area (Å²) in [6.07, 6.45) is -4.47. The first-order valence-electron chi connectivity index (χ1n) is 7.51. The third-order valence-electron chi connectivity index (χ3n) is 4.31. The van der Waals surface area contributed by atoms with E-state index in [4.69, 9.17) is 9.90 Å². The minimum absolute atomic E-state index is 0.0281. The molecule has 2 amide bonds. The molecule has 0 aromatic carbocycles. The third-order valence-corrected chi connectivity index (χ3v) is 4.31. The second kappa shape index (κ2) is 6.94. The lowest BCUT2D eigenvalue weighted by Gasteiger charge is -2.48. The van der Waals surface area contributed by atoms with Crippen molar-refractivity contribution in [3.63, 3.8) is 0 Å². The van der Waals surface area contributed by atoms with Crippen molar-refractivity contribution in [2.45, 2.75) is 31.6 Å². The molecule has 0 saturated carbocycles. The number of amides is 2. The predicted octanol–water partition coefficient (Wildman–Crippen LogP) is -0.703. The second-order valence-corrected chi connectivity index (χ2v) is 6.02. The molecule has 3 aliphatic heterocycles. The molecule has 0 spiro atoms. The Kier molecular flexibility index (Phi) is 5.26. The van der Waals surface area contributed by atoms with Gasteiger partial charge in [0, 0.05) is 20.0 Å². The van der Waals surface area contributed by atoms with Gasteiger partial charge >= 0.3 is 18.1 Å². The molecule has 12 heteroatoms. The van der Waals surface area contributed by atoms with Crippen molar-refractivity contribution in [2.24, 2.45) is 5.92 Å². The van der Waals surface area contributed by atoms with Crippen LogP contribution in [0.15, 0.2) is 11.3 Å². The molecule has 0 radical (unpaired) electrons. The lowest BCUT2D eigenvalue weighted by molar-refractivity contribution is -0.192. The SMILES string of the molecule is CC(=O)NCC1=C(C(=O)O)N2C(=O)[C@H]3NC[C@@H](C1)[C@H]32.O=C(O)C(F)(F)F. The molecule has 4 N–H and O–H groups in total. The van der Waals surface area contributed by atoms with E-state index in [2.05, 4.69) is 10.6 Å². The molecule has 3 heterocycles. The standard InChI is InChI=1S/C12H15N3O4.C2HF3O2/c1-5(16)13-3-7-2-6-4-14-8-9(6)15(11(8)17)10(7)12(18)19;3-2(4,5)1(6)7/h6,8-9,14H,2-4H2,1H3,(H,13,16)(H,18,19);(H,6,7)/t6-,8+,9-;/m1./s1. The monoisotopic (exact) mass is 379 g/mol. The Morgan fingerprint density at radius 3 is 2.35 bits per heavy atom. The first-order chi connectivity index (χ1) is 11.9. The zero-order valence-corrected chi connectivity index (χ0v) is 13.5. The van der Waals surface area contributed by atoms with Gasteiger partial charge in [0.05, 0.1) is 6.04 Å². The van der Waals surface area contributed by atoms with Gasteiger partial charge in [-0.3, -0.25) is 14.5 Å². The summed E-state index contributed by atoms with van der Waals surface area (Å²) in [6.45, 7) is 2.29. The number of nitrogens with one attached hydrogen (secondary N) is 2. The molecule has 3 aliphatic rings. The maximum atomic E-state index is 11.9. The van der Waals surface area contributed by atoms with Gasteiger partial charge in [0.25, 0.3) is 0 Å². The number of β-lactam (4-membered cyclic amide) rings is 1. The number of alkyl halides is 3. The molecule has 0 aromatic rings. The zero-order chi connectivity index (χ0) is 19.8. The van der Waals surface area contributed by atoms with Crippen LogP contribution in [0.1, 0.15) is 13.3 Å². The molecular weight excluding hydrogens is 363 g/mol. The van der Waals surface area contributed by atoms with Gasteiger partial charge in [-0.05, 0) is 17.9 Å². The third kappa shape index (κ3) is 3.64. The second-order valence-electron chi connectivity index (χ2n) is 6.02. The van der Waals surface area contributed by atoms with E-state index >= 15 is 0 Å². The van der Waals surface area contributed by atoms with Gasteiger partial charge < -0.3 is 20.8 Å². The van der Waals surface area contributed by atoms with Crippen molar-refractivity contribution in [3.05, 3.63) is 11.3 Å². The van der Waals surface area contributed by atoms with Crippen LogP contribution in [0.25, 0.3) is 0 Å². The van der Waals surface area contributed by atoms with E-state index in [1.54, 1.807) is 0 Å². The number of hydrogen-bond acceptors (Lipinski definition) is 5. The zero-order valence-electron chi connectivity index (χ0n) is 13.5. The predicted molar refractivity (Wildman–Crippen MR) is 77.6 cm³/mol. The van der Waals surface area contributed by atoms with Crippen LogP contribution in [0.5, 0.6) is 0 Å². The fourth-order valence-electron chi connectivity index (χ4n) is 3.28. The molecule has 3 rings (SSSR count). The maximum Gasteiger partial charge on any atom is 0.490 e. The lowest BCUT2D eigenvalue weighted by atomic mass is 9.79. The van der Waals surface area contributed by atoms with Gasteiger partial charge in [-0.15, -0.1) is 0 Å². The molecule has 2 fully saturated rings. The number of hydrogen-bond donors (Lipinski definition) is 4. The van der Waals surface area contributed by atoms with Crippen LogP contribution in [0.4, 0.5) is 13.2 Å². The van der Waals surface area contributed by atoms with Gasteiger partial charge in [-0.2, -0.15) is 13.2 Å². The summed E-state index contributed by atoms with van der Waals surface area (Å²) < 4.78 is 31.7. The Hall–Kier alpha value is -2.63. The highest BCUT2D eigenvalue weighted by molar-refractivity contribution is 6.00. The molecule has 0 unspecified atom stereocenters. The molecular formula is C14H16F3N3O6. The topological polar surface area (TPSA) is 136 Å². The smallest absolute Gasteiger partial charge is 0.477 e. The molecule has 0 aromatic heterocycles. The summed E-state index contributed by atoms with van der Waals surface area (Å²) in [7, 11) is 0. The van der Waals surface area contributed by atoms with E-state index in [0.717, 1.165) is 0 Å². The van der Waals surface area contributed by atoms with E-state index in [0.29, 0.717) is 18.5 Å². The normalized spacial score (nSPS) is 26.4. The van der Waals surface area contributed by atoms with Crippen molar-refractivity contribution in [1.29, 1.82) is 0 Å². The Balaban J connectivity index is 0.000000298. The highest BCUT2D eigenvalue weighted by Crippen LogP contribution is 2.42. The number of rotatable bonds is 3. The van der Waals surface area contributed by atoms with Crippen LogP contribution in [0.3, 0.4) is 0 Å². The maximum absolute atomic E-state index is 11.9. The Labute approximate surface area is 144 Å². The van der Waals surface area contributed by atoms with E-state index in [9.17, 15) is 32.7 Å². The minimum atomic E-state index is -5.08. The minimum Gasteiger partial charge on any atom is -0.477 e. The molecule has 0 bridgehead atoms. The number of aliphatic carboxylic acids is 2. The van der Waals surface area contributed by atoms with Crippen LogP contribution in [0.2, 0.25) is 0 Å². The van der Waals surface area contributed by atoms with Crippen LogP contribution >= 0.6 is 0 Å². The number of carbonyl (C=O) groups is 4. The Morgan fingerprint density at radius 2 is 1.88 bits per heavy atom. The highest BCUT2D eigenvalue weighted by atomic mass is 19.4. The summed E-state index contributed by atoms with van der Waals surface area (Å²) in [5, 5.41) is 22.2. The molecule has 3 atom stereocenters. The molecule has 144 valence electrons. The van der Waals surface area contributed by atoms with Crippen molar-refractivity contribution >= 4 is 23.8 Å². The van der Waals surface area contributed by atoms with Gasteiger partial charge in [0.2, 0.25) is 11.8 Å². The lowest BCUT2D eigenvalue weighted by Crippen LogP contribution is -2.68. The van der Waals surface area contributed by atoms with Crippen molar-refractivity contribution < 1.29 is 42.6 Å². The summed E-state index contributed by atoms with van der Waals surface area (Å²) >= 11 is 0. The Bertz CT molecular complexity index is 690. The fraction of sp³-hybridized carbons (Fsp3) is 0.571. The average Bonchev–Trinajstić information content (AvgIpc) is 2.91. The van der Waals surface area contributed by atoms with Crippen LogP contribution in [0, 0.1) is 5.92 Å². The largest absolute Gasteiger partial charge is 0.490 e. The number of carbonyl (C=O) groups excluding carboxylic acids is 2. The first-order valence-corrected chi connectivity index (χ1v) is 7.51. The number of carboxylic acid groups (broad SMARTS) is 2. The van der Waals surface area contributed by atoms with E-state index in [-0.39, 0.29) is 42.1 Å². The fourth-order valence-corrected chi connectivity index (χ4v) is 3.28. The van der Waals surface area contributed by atoms with E-state index in [1.165, 1.54) is 11.8 Å². The van der Waals surface area contributed by atoms with Gasteiger partial charge in [-0.25, -0.2) is 9.59 Å². The quantitative estimate of drug-likeness (QED) is 0.476. The summed E-state index contributed by atoms with van der Waals surface area (Å²) in [4.78, 5) is 44.6. The van der Waals surface area contributed by atoms with E-state index < -0.39 is 18.1 Å². The summed E-state index contributed by atoms with van der Waals surface area (Å²) in [5.74, 6) is -4.00. The molecule has 2 saturated heterocycles. The van der Waals surface area contributed by atoms with Gasteiger partial charge in [0.15, 0.2) is 0 Å². The summed E-state index contributed by atoms with van der Waals surface area (Å²) in [6, 6.07) is -0.249. The molecule has 0 aliphatic carbocycles. The van der Waals surface area contributed by atoms with E-state index in [1.807, 2.05) is 0 Å². The number of carboxylic acids is 2. The molecule has 26 heavy (non-hydrogen) atoms. The Morgan fingerprint density at radius 1 is 1.31 bits per heavy atom. The highest BCUT2D eigenvalue weighted by Gasteiger charge is 2.59. The summed E-state index contributed by atoms with van der Waals surface area (Å²) in [5.41, 5.74) is 0.680. The number of halogens is 3. The average molecular weight is 379 g/mol. The van der Waals surface area contributed by atoms with Gasteiger partial charge in [-0.1, -0.05) is 0 Å². The van der Waals surface area contributed by atoms with Crippen molar-refractivity contribution in [3.8, 4) is 0 Å². The van der Waals surface area contributed by atoms with Crippen LogP contribution in [-0.2, 0) is 19.2 Å². The number of nitrogens with zero attached hydrogens (tertiary/aromatic N) is 1. The van der Waals surface area contributed by atoms with Crippen molar-refractivity contribution in [2.75, 3.05) is 13.1 Å². The first kappa shape index (κ1) is 19.7. The van der Waals surface area contributed by atoms with Crippen LogP contribution < -0.4 is 10.6 Å². The molecule has 9 nitrogen and oxygen atoms in total. The van der Waals surface area contributed by atoms with Crippen molar-refractivity contribution in [1.82, 2.24) is 15.5 Å². The van der Waals surface area contributed by atoms with Gasteiger partial charge in [0.1, 0.15) is 11.7 Å².